The third-order valence-electron chi connectivity index (χ3n) is 3.05. The van der Waals surface area contributed by atoms with E-state index in [0.29, 0.717) is 0 Å². The fraction of sp³-hybridized carbons (Fsp3) is 0. The molecule has 3 rings (SSSR count). The van der Waals surface area contributed by atoms with Crippen molar-refractivity contribution >= 4 is 17.2 Å². The molecule has 2 aromatic rings. The zero-order valence-corrected chi connectivity index (χ0v) is 9.86. The van der Waals surface area contributed by atoms with Crippen molar-refractivity contribution in [2.45, 2.75) is 0 Å². The summed E-state index contributed by atoms with van der Waals surface area (Å²) in [4.78, 5) is 12.1. The van der Waals surface area contributed by atoms with Crippen molar-refractivity contribution in [1.82, 2.24) is 0 Å². The van der Waals surface area contributed by atoms with Gasteiger partial charge in [0.15, 0.2) is 17.5 Å². The Labute approximate surface area is 111 Å². The number of para-hydroxylation sites is 1. The van der Waals surface area contributed by atoms with Gasteiger partial charge in [0.05, 0.1) is 5.56 Å². The van der Waals surface area contributed by atoms with Crippen LogP contribution in [0, 0.1) is 22.7 Å². The molecular formula is C14H6F3NO2. The number of carbonyl (C=O) groups is 1. The molecule has 1 heterocycles. The van der Waals surface area contributed by atoms with Crippen molar-refractivity contribution in [1.29, 1.82) is 0 Å². The monoisotopic (exact) mass is 277 g/mol. The minimum Gasteiger partial charge on any atom is -0.618 e. The lowest BCUT2D eigenvalue weighted by molar-refractivity contribution is -0.358. The van der Waals surface area contributed by atoms with Crippen LogP contribution in [0.2, 0.25) is 0 Å². The molecule has 0 N–H and O–H groups in total. The van der Waals surface area contributed by atoms with E-state index >= 15 is 0 Å². The number of fused-ring (bicyclic) bond motifs is 1. The Morgan fingerprint density at radius 2 is 1.70 bits per heavy atom. The number of hydrogen-bond donors (Lipinski definition) is 0. The molecule has 0 radical (unpaired) electrons. The van der Waals surface area contributed by atoms with Gasteiger partial charge >= 0.3 is 0 Å². The topological polar surface area (TPSA) is 43.1 Å². The summed E-state index contributed by atoms with van der Waals surface area (Å²) >= 11 is 0. The molecular weight excluding hydrogens is 271 g/mol. The Hall–Kier alpha value is -2.63. The maximum absolute atomic E-state index is 13.6. The number of halogens is 3. The smallest absolute Gasteiger partial charge is 0.273 e. The first-order valence-electron chi connectivity index (χ1n) is 5.63. The molecule has 3 nitrogen and oxygen atoms in total. The number of Topliss-reactive ketones (excluding diaryl/α,β-unsaturated/α-hetero) is 1. The van der Waals surface area contributed by atoms with E-state index in [0.717, 1.165) is 24.3 Å². The molecule has 20 heavy (non-hydrogen) atoms. The zero-order chi connectivity index (χ0) is 14.4. The van der Waals surface area contributed by atoms with Gasteiger partial charge in [0.25, 0.3) is 17.2 Å². The molecule has 1 aliphatic heterocycles. The number of benzene rings is 2. The van der Waals surface area contributed by atoms with Crippen LogP contribution in [0.4, 0.5) is 18.9 Å². The van der Waals surface area contributed by atoms with Crippen LogP contribution in [0.25, 0.3) is 0 Å². The largest absolute Gasteiger partial charge is 0.618 e. The maximum atomic E-state index is 13.6. The zero-order valence-electron chi connectivity index (χ0n) is 9.86. The summed E-state index contributed by atoms with van der Waals surface area (Å²) in [7, 11) is 0. The van der Waals surface area contributed by atoms with E-state index in [1.54, 1.807) is 0 Å². The normalized spacial score (nSPS) is 13.8. The van der Waals surface area contributed by atoms with Crippen LogP contribution in [0.5, 0.6) is 0 Å². The fourth-order valence-electron chi connectivity index (χ4n) is 2.13. The molecule has 6 heteroatoms. The predicted octanol–water partition coefficient (Wildman–Crippen LogP) is 2.93. The Morgan fingerprint density at radius 3 is 2.35 bits per heavy atom. The lowest BCUT2D eigenvalue weighted by Gasteiger charge is -2.03. The summed E-state index contributed by atoms with van der Waals surface area (Å²) in [5, 5.41) is 12.0. The van der Waals surface area contributed by atoms with E-state index in [9.17, 15) is 23.2 Å². The van der Waals surface area contributed by atoms with Gasteiger partial charge in [-0.3, -0.25) is 4.79 Å². The van der Waals surface area contributed by atoms with E-state index in [-0.39, 0.29) is 15.9 Å². The molecule has 0 atom stereocenters. The quantitative estimate of drug-likeness (QED) is 0.594. The summed E-state index contributed by atoms with van der Waals surface area (Å²) in [5.74, 6) is -3.85. The van der Waals surface area contributed by atoms with Gasteiger partial charge in [-0.2, -0.15) is 9.13 Å². The van der Waals surface area contributed by atoms with E-state index < -0.39 is 34.6 Å². The van der Waals surface area contributed by atoms with Crippen LogP contribution < -0.4 is 0 Å². The second kappa shape index (κ2) is 4.19. The van der Waals surface area contributed by atoms with Gasteiger partial charge in [0.2, 0.25) is 0 Å². The molecule has 0 bridgehead atoms. The molecule has 0 unspecified atom stereocenters. The number of ketones is 1. The first kappa shape index (κ1) is 12.4. The third kappa shape index (κ3) is 1.61. The van der Waals surface area contributed by atoms with Crippen LogP contribution in [0.1, 0.15) is 15.9 Å². The maximum Gasteiger partial charge on any atom is 0.273 e. The van der Waals surface area contributed by atoms with Crippen molar-refractivity contribution in [3.8, 4) is 0 Å². The van der Waals surface area contributed by atoms with Gasteiger partial charge in [-0.15, -0.1) is 0 Å². The minimum atomic E-state index is -1.19. The first-order chi connectivity index (χ1) is 9.50. The Kier molecular flexibility index (Phi) is 2.60. The van der Waals surface area contributed by atoms with Gasteiger partial charge in [0, 0.05) is 0 Å². The molecule has 0 aromatic heterocycles. The molecule has 0 aliphatic carbocycles. The number of nitrogens with zero attached hydrogens (tertiary/aromatic N) is 1. The fourth-order valence-corrected chi connectivity index (χ4v) is 2.13. The second-order valence-electron chi connectivity index (χ2n) is 4.24. The summed E-state index contributed by atoms with van der Waals surface area (Å²) in [6.07, 6.45) is 0. The molecule has 0 saturated heterocycles. The summed E-state index contributed by atoms with van der Waals surface area (Å²) in [6, 6.07) is 6.29. The van der Waals surface area contributed by atoms with Gasteiger partial charge in [-0.05, 0) is 30.3 Å². The molecule has 0 fully saturated rings. The molecule has 100 valence electrons. The van der Waals surface area contributed by atoms with Crippen LogP contribution >= 0.6 is 0 Å². The molecule has 0 spiro atoms. The first-order valence-corrected chi connectivity index (χ1v) is 5.63. The van der Waals surface area contributed by atoms with Gasteiger partial charge in [-0.1, -0.05) is 6.07 Å². The van der Waals surface area contributed by atoms with E-state index in [2.05, 4.69) is 0 Å². The van der Waals surface area contributed by atoms with Gasteiger partial charge in [0.1, 0.15) is 5.56 Å². The Bertz CT molecular complexity index is 784. The van der Waals surface area contributed by atoms with Gasteiger partial charge in [-0.25, -0.2) is 8.78 Å². The molecule has 2 aromatic carbocycles. The Balaban J connectivity index is 2.23. The lowest BCUT2D eigenvalue weighted by atomic mass is 10.0. The number of hydrogen-bond acceptors (Lipinski definition) is 2. The highest BCUT2D eigenvalue weighted by molar-refractivity contribution is 6.52. The number of rotatable bonds is 1. The highest BCUT2D eigenvalue weighted by Crippen LogP contribution is 2.30. The predicted molar refractivity (Wildman–Crippen MR) is 64.5 cm³/mol. The van der Waals surface area contributed by atoms with E-state index in [4.69, 9.17) is 0 Å². The molecule has 0 amide bonds. The Morgan fingerprint density at radius 1 is 0.950 bits per heavy atom. The van der Waals surface area contributed by atoms with Crippen molar-refractivity contribution in [3.63, 3.8) is 0 Å². The molecule has 0 saturated carbocycles. The second-order valence-corrected chi connectivity index (χ2v) is 4.24. The SMILES string of the molecule is O=C1C(c2ccc(F)c(F)c2)=[N+]([O-])c2c(F)cccc21. The van der Waals surface area contributed by atoms with Gasteiger partial charge < -0.3 is 5.21 Å². The van der Waals surface area contributed by atoms with Crippen molar-refractivity contribution in [3.05, 3.63) is 70.2 Å². The average Bonchev–Trinajstić information content (AvgIpc) is 2.67. The van der Waals surface area contributed by atoms with Crippen molar-refractivity contribution in [2.75, 3.05) is 0 Å². The van der Waals surface area contributed by atoms with E-state index in [1.165, 1.54) is 12.1 Å². The van der Waals surface area contributed by atoms with Crippen LogP contribution in [0.15, 0.2) is 36.4 Å². The van der Waals surface area contributed by atoms with E-state index in [1.807, 2.05) is 0 Å². The highest BCUT2D eigenvalue weighted by Gasteiger charge is 2.39. The van der Waals surface area contributed by atoms with Crippen LogP contribution in [-0.4, -0.2) is 16.2 Å². The average molecular weight is 277 g/mol. The minimum absolute atomic E-state index is 0.0975. The third-order valence-corrected chi connectivity index (χ3v) is 3.05. The standard InChI is InChI=1S/C14H6F3NO2/c15-9-5-4-7(6-11(9)17)12-14(19)8-2-1-3-10(16)13(8)18(12)20/h1-6H. The van der Waals surface area contributed by atoms with Crippen molar-refractivity contribution < 1.29 is 22.7 Å². The highest BCUT2D eigenvalue weighted by atomic mass is 19.2. The van der Waals surface area contributed by atoms with Crippen molar-refractivity contribution in [2.24, 2.45) is 0 Å². The van der Waals surface area contributed by atoms with Crippen LogP contribution in [-0.2, 0) is 0 Å². The summed E-state index contributed by atoms with van der Waals surface area (Å²) in [5.41, 5.74) is -1.03. The van der Waals surface area contributed by atoms with Crippen LogP contribution in [0.3, 0.4) is 0 Å². The summed E-state index contributed by atoms with van der Waals surface area (Å²) in [6.45, 7) is 0. The lowest BCUT2D eigenvalue weighted by Crippen LogP contribution is -2.17. The number of carbonyl (C=O) groups excluding carboxylic acids is 1. The molecule has 1 aliphatic rings. The summed E-state index contributed by atoms with van der Waals surface area (Å²) < 4.78 is 39.8.